The molecule has 0 saturated heterocycles. The highest BCUT2D eigenvalue weighted by Crippen LogP contribution is 2.52. The summed E-state index contributed by atoms with van der Waals surface area (Å²) in [6, 6.07) is 2.69. The molecular weight excluding hydrogens is 438 g/mol. The van der Waals surface area contributed by atoms with Crippen LogP contribution in [0.15, 0.2) is 23.1 Å². The van der Waals surface area contributed by atoms with Crippen LogP contribution >= 0.6 is 0 Å². The van der Waals surface area contributed by atoms with Crippen molar-refractivity contribution in [2.45, 2.75) is 60.9 Å². The monoisotopic (exact) mass is 456 g/mol. The smallest absolute Gasteiger partial charge is 0.281 e. The van der Waals surface area contributed by atoms with Crippen molar-refractivity contribution in [1.82, 2.24) is 0 Å². The van der Waals surface area contributed by atoms with Gasteiger partial charge in [-0.2, -0.15) is 34.8 Å². The Morgan fingerprint density at radius 3 is 1.39 bits per heavy atom. The highest BCUT2D eigenvalue weighted by Gasteiger charge is 2.82. The minimum absolute atomic E-state index is 0.158. The number of alkyl halides is 6. The van der Waals surface area contributed by atoms with Crippen LogP contribution in [0.1, 0.15) is 50.7 Å². The van der Waals surface area contributed by atoms with Gasteiger partial charge in [-0.15, -0.1) is 0 Å². The maximum atomic E-state index is 14.2. The summed E-state index contributed by atoms with van der Waals surface area (Å²) in [5.41, 5.74) is 0.316. The number of benzene rings is 1. The zero-order valence-electron chi connectivity index (χ0n) is 15.1. The Balaban J connectivity index is 3.79. The lowest BCUT2D eigenvalue weighted by Gasteiger charge is -2.30. The lowest BCUT2D eigenvalue weighted by Crippen LogP contribution is -2.60. The maximum Gasteiger partial charge on any atom is 0.439 e. The molecular formula is C15H18F6O5S2. The average Bonchev–Trinajstić information content (AvgIpc) is 2.52. The van der Waals surface area contributed by atoms with Gasteiger partial charge in [-0.3, -0.25) is 4.55 Å². The van der Waals surface area contributed by atoms with Gasteiger partial charge in [0.1, 0.15) is 0 Å². The number of sulfone groups is 1. The molecule has 1 N–H and O–H groups in total. The minimum atomic E-state index is -7.06. The van der Waals surface area contributed by atoms with E-state index >= 15 is 0 Å². The van der Waals surface area contributed by atoms with Crippen LogP contribution < -0.4 is 0 Å². The number of rotatable bonds is 7. The van der Waals surface area contributed by atoms with Gasteiger partial charge in [0, 0.05) is 0 Å². The Hall–Kier alpha value is -1.34. The molecule has 0 unspecified atom stereocenters. The molecule has 0 bridgehead atoms. The summed E-state index contributed by atoms with van der Waals surface area (Å²) in [5, 5.41) is -13.3. The van der Waals surface area contributed by atoms with Crippen molar-refractivity contribution in [3.63, 3.8) is 0 Å². The lowest BCUT2D eigenvalue weighted by molar-refractivity contribution is -0.245. The fourth-order valence-electron chi connectivity index (χ4n) is 2.12. The fraction of sp³-hybridized carbons (Fsp3) is 0.600. The van der Waals surface area contributed by atoms with Crippen molar-refractivity contribution >= 4 is 20.0 Å². The van der Waals surface area contributed by atoms with Crippen LogP contribution in [0, 0.1) is 0 Å². The largest absolute Gasteiger partial charge is 0.439 e. The van der Waals surface area contributed by atoms with E-state index in [0.29, 0.717) is 12.1 Å². The van der Waals surface area contributed by atoms with E-state index in [0.717, 1.165) is 0 Å². The molecule has 28 heavy (non-hydrogen) atoms. The molecule has 0 amide bonds. The van der Waals surface area contributed by atoms with Crippen molar-refractivity contribution in [1.29, 1.82) is 0 Å². The molecule has 0 atom stereocenters. The third-order valence-electron chi connectivity index (χ3n) is 3.99. The summed E-state index contributed by atoms with van der Waals surface area (Å²) >= 11 is 0. The highest BCUT2D eigenvalue weighted by atomic mass is 32.2. The molecule has 162 valence electrons. The first kappa shape index (κ1) is 24.7. The molecule has 0 aromatic heterocycles. The van der Waals surface area contributed by atoms with Crippen LogP contribution in [-0.2, 0) is 20.0 Å². The molecule has 13 heteroatoms. The van der Waals surface area contributed by atoms with E-state index in [1.807, 2.05) is 0 Å². The fourth-order valence-corrected chi connectivity index (χ4v) is 3.98. The number of halogens is 6. The topological polar surface area (TPSA) is 88.5 Å². The molecule has 1 rings (SSSR count). The standard InChI is InChI=1S/C15H18F6O5S2/c1-8(2)10-5-11(9(3)4)7-12(6-10)27(22,23)14(18,19)13(16,17)15(20,21)28(24,25)26/h5-9H,1-4H3,(H,24,25,26). The third-order valence-corrected chi connectivity index (χ3v) is 6.68. The first-order valence-electron chi connectivity index (χ1n) is 7.71. The van der Waals surface area contributed by atoms with Gasteiger partial charge in [-0.25, -0.2) is 8.42 Å². The van der Waals surface area contributed by atoms with Crippen molar-refractivity contribution < 1.29 is 47.7 Å². The normalized spacial score (nSPS) is 14.8. The highest BCUT2D eigenvalue weighted by molar-refractivity contribution is 7.92. The van der Waals surface area contributed by atoms with E-state index in [2.05, 4.69) is 0 Å². The van der Waals surface area contributed by atoms with Crippen LogP contribution in [0.5, 0.6) is 0 Å². The quantitative estimate of drug-likeness (QED) is 0.485. The number of hydrogen-bond donors (Lipinski definition) is 1. The van der Waals surface area contributed by atoms with E-state index < -0.39 is 53.1 Å². The molecule has 0 aliphatic carbocycles. The van der Waals surface area contributed by atoms with Crippen LogP contribution in [-0.4, -0.2) is 37.8 Å². The Labute approximate surface area is 158 Å². The van der Waals surface area contributed by atoms with Gasteiger partial charge in [0.25, 0.3) is 0 Å². The molecule has 0 saturated carbocycles. The first-order valence-corrected chi connectivity index (χ1v) is 10.6. The van der Waals surface area contributed by atoms with E-state index in [9.17, 15) is 43.2 Å². The molecule has 5 nitrogen and oxygen atoms in total. The zero-order valence-corrected chi connectivity index (χ0v) is 16.7. The second-order valence-electron chi connectivity index (χ2n) is 6.73. The van der Waals surface area contributed by atoms with Crippen LogP contribution in [0.2, 0.25) is 0 Å². The number of hydrogen-bond acceptors (Lipinski definition) is 4. The zero-order chi connectivity index (χ0) is 22.5. The van der Waals surface area contributed by atoms with E-state index in [-0.39, 0.29) is 11.1 Å². The van der Waals surface area contributed by atoms with Crippen molar-refractivity contribution in [2.75, 3.05) is 0 Å². The molecule has 1 aromatic carbocycles. The predicted octanol–water partition coefficient (Wildman–Crippen LogP) is 4.42. The molecule has 0 spiro atoms. The molecule has 0 aliphatic rings. The third kappa shape index (κ3) is 3.75. The average molecular weight is 456 g/mol. The molecule has 0 radical (unpaired) electrons. The van der Waals surface area contributed by atoms with E-state index in [1.54, 1.807) is 27.7 Å². The SMILES string of the molecule is CC(C)c1cc(C(C)C)cc(S(=O)(=O)C(F)(F)C(F)(F)C(F)(F)S(=O)(=O)O)c1. The van der Waals surface area contributed by atoms with Crippen molar-refractivity contribution in [2.24, 2.45) is 0 Å². The summed E-state index contributed by atoms with van der Waals surface area (Å²) in [6.45, 7) is 6.20. The Morgan fingerprint density at radius 2 is 1.11 bits per heavy atom. The Bertz CT molecular complexity index is 927. The minimum Gasteiger partial charge on any atom is -0.281 e. The molecule has 1 aromatic rings. The lowest BCUT2D eigenvalue weighted by atomic mass is 9.96. The summed E-state index contributed by atoms with van der Waals surface area (Å²) < 4.78 is 136. The second-order valence-corrected chi connectivity index (χ2v) is 10.2. The van der Waals surface area contributed by atoms with Crippen molar-refractivity contribution in [3.8, 4) is 0 Å². The summed E-state index contributed by atoms with van der Waals surface area (Å²) in [5.74, 6) is -7.82. The van der Waals surface area contributed by atoms with Crippen LogP contribution in [0.3, 0.4) is 0 Å². The Kier molecular flexibility index (Phi) is 6.32. The summed E-state index contributed by atoms with van der Waals surface area (Å²) in [4.78, 5) is -1.38. The summed E-state index contributed by atoms with van der Waals surface area (Å²) in [6.07, 6.45) is 0. The van der Waals surface area contributed by atoms with Crippen LogP contribution in [0.25, 0.3) is 0 Å². The van der Waals surface area contributed by atoms with Gasteiger partial charge in [0.05, 0.1) is 4.90 Å². The van der Waals surface area contributed by atoms with Crippen molar-refractivity contribution in [3.05, 3.63) is 29.3 Å². The first-order chi connectivity index (χ1) is 12.2. The second kappa shape index (κ2) is 7.17. The molecule has 0 fully saturated rings. The van der Waals surface area contributed by atoms with Gasteiger partial charge in [-0.05, 0) is 35.1 Å². The predicted molar refractivity (Wildman–Crippen MR) is 88.2 cm³/mol. The molecule has 0 heterocycles. The van der Waals surface area contributed by atoms with E-state index in [1.165, 1.54) is 6.07 Å². The Morgan fingerprint density at radius 1 is 0.750 bits per heavy atom. The summed E-state index contributed by atoms with van der Waals surface area (Å²) in [7, 11) is -13.5. The van der Waals surface area contributed by atoms with Gasteiger partial charge in [0.15, 0.2) is 0 Å². The van der Waals surface area contributed by atoms with Gasteiger partial charge in [-0.1, -0.05) is 33.8 Å². The van der Waals surface area contributed by atoms with Gasteiger partial charge in [0.2, 0.25) is 9.84 Å². The van der Waals surface area contributed by atoms with E-state index in [4.69, 9.17) is 4.55 Å². The van der Waals surface area contributed by atoms with Crippen LogP contribution in [0.4, 0.5) is 26.3 Å². The molecule has 0 aliphatic heterocycles. The van der Waals surface area contributed by atoms with Gasteiger partial charge < -0.3 is 0 Å². The van der Waals surface area contributed by atoms with Gasteiger partial charge >= 0.3 is 26.5 Å². The maximum absolute atomic E-state index is 14.2.